The van der Waals surface area contributed by atoms with Crippen LogP contribution in [0.3, 0.4) is 0 Å². The summed E-state index contributed by atoms with van der Waals surface area (Å²) in [7, 11) is 0. The van der Waals surface area contributed by atoms with Gasteiger partial charge in [-0.1, -0.05) is 31.0 Å². The van der Waals surface area contributed by atoms with Gasteiger partial charge in [-0.15, -0.1) is 0 Å². The second kappa shape index (κ2) is 5.40. The van der Waals surface area contributed by atoms with Crippen LogP contribution in [0.25, 0.3) is 0 Å². The first kappa shape index (κ1) is 13.9. The number of ether oxygens (including phenoxy) is 1. The highest BCUT2D eigenvalue weighted by Gasteiger charge is 2.42. The SMILES string of the molecule is CCNC1CC2(CCCCC2)Oc2c(C)cc(C)cc21. The summed E-state index contributed by atoms with van der Waals surface area (Å²) in [5.74, 6) is 1.16. The molecule has 0 radical (unpaired) electrons. The molecule has 0 aromatic heterocycles. The summed E-state index contributed by atoms with van der Waals surface area (Å²) in [6, 6.07) is 5.02. The molecular formula is C18H27NO. The predicted molar refractivity (Wildman–Crippen MR) is 83.4 cm³/mol. The quantitative estimate of drug-likeness (QED) is 0.860. The van der Waals surface area contributed by atoms with E-state index in [0.29, 0.717) is 6.04 Å². The topological polar surface area (TPSA) is 21.3 Å². The maximum Gasteiger partial charge on any atom is 0.127 e. The predicted octanol–water partition coefficient (Wildman–Crippen LogP) is 4.44. The highest BCUT2D eigenvalue weighted by Crippen LogP contribution is 2.47. The van der Waals surface area contributed by atoms with Gasteiger partial charge in [0.25, 0.3) is 0 Å². The van der Waals surface area contributed by atoms with E-state index in [1.807, 2.05) is 0 Å². The van der Waals surface area contributed by atoms with Crippen molar-refractivity contribution >= 4 is 0 Å². The van der Waals surface area contributed by atoms with Gasteiger partial charge in [0.15, 0.2) is 0 Å². The van der Waals surface area contributed by atoms with Crippen molar-refractivity contribution in [3.8, 4) is 5.75 Å². The van der Waals surface area contributed by atoms with Crippen molar-refractivity contribution in [3.05, 3.63) is 28.8 Å². The lowest BCUT2D eigenvalue weighted by molar-refractivity contribution is -0.00311. The molecule has 110 valence electrons. The van der Waals surface area contributed by atoms with E-state index in [1.165, 1.54) is 48.8 Å². The second-order valence-electron chi connectivity index (χ2n) is 6.66. The van der Waals surface area contributed by atoms with Crippen LogP contribution >= 0.6 is 0 Å². The summed E-state index contributed by atoms with van der Waals surface area (Å²) in [6.45, 7) is 7.59. The minimum absolute atomic E-state index is 0.0953. The molecule has 1 spiro atoms. The van der Waals surface area contributed by atoms with E-state index in [0.717, 1.165) is 18.7 Å². The molecule has 1 aliphatic heterocycles. The molecule has 0 saturated heterocycles. The molecule has 1 saturated carbocycles. The third-order valence-electron chi connectivity index (χ3n) is 4.93. The summed E-state index contributed by atoms with van der Waals surface area (Å²) in [4.78, 5) is 0. The molecule has 3 rings (SSSR count). The van der Waals surface area contributed by atoms with Crippen molar-refractivity contribution in [1.82, 2.24) is 5.32 Å². The Morgan fingerprint density at radius 3 is 2.65 bits per heavy atom. The average Bonchev–Trinajstić information content (AvgIpc) is 2.42. The summed E-state index contributed by atoms with van der Waals surface area (Å²) in [6.07, 6.45) is 7.59. The molecule has 1 fully saturated rings. The molecule has 0 amide bonds. The van der Waals surface area contributed by atoms with Crippen molar-refractivity contribution in [3.63, 3.8) is 0 Å². The van der Waals surface area contributed by atoms with Gasteiger partial charge in [0, 0.05) is 18.0 Å². The van der Waals surface area contributed by atoms with E-state index in [4.69, 9.17) is 4.74 Å². The normalized spacial score (nSPS) is 24.2. The van der Waals surface area contributed by atoms with Crippen LogP contribution < -0.4 is 10.1 Å². The van der Waals surface area contributed by atoms with Gasteiger partial charge < -0.3 is 10.1 Å². The molecule has 1 aromatic carbocycles. The number of benzene rings is 1. The molecule has 0 bridgehead atoms. The minimum atomic E-state index is 0.0953. The highest BCUT2D eigenvalue weighted by atomic mass is 16.5. The summed E-state index contributed by atoms with van der Waals surface area (Å²) in [5.41, 5.74) is 4.11. The molecule has 1 aromatic rings. The fourth-order valence-electron chi connectivity index (χ4n) is 4.06. The lowest BCUT2D eigenvalue weighted by Gasteiger charge is -2.45. The summed E-state index contributed by atoms with van der Waals surface area (Å²) >= 11 is 0. The van der Waals surface area contributed by atoms with Gasteiger partial charge >= 0.3 is 0 Å². The van der Waals surface area contributed by atoms with Gasteiger partial charge in [0.2, 0.25) is 0 Å². The fourth-order valence-corrected chi connectivity index (χ4v) is 4.06. The Labute approximate surface area is 122 Å². The van der Waals surface area contributed by atoms with Crippen molar-refractivity contribution < 1.29 is 4.74 Å². The molecule has 1 unspecified atom stereocenters. The molecule has 1 heterocycles. The van der Waals surface area contributed by atoms with Crippen LogP contribution in [0, 0.1) is 13.8 Å². The Hall–Kier alpha value is -1.02. The van der Waals surface area contributed by atoms with E-state index in [-0.39, 0.29) is 5.60 Å². The van der Waals surface area contributed by atoms with E-state index in [2.05, 4.69) is 38.2 Å². The van der Waals surface area contributed by atoms with Crippen molar-refractivity contribution in [1.29, 1.82) is 0 Å². The largest absolute Gasteiger partial charge is 0.487 e. The van der Waals surface area contributed by atoms with Gasteiger partial charge in [-0.2, -0.15) is 0 Å². The molecule has 1 N–H and O–H groups in total. The molecule has 2 heteroatoms. The third kappa shape index (κ3) is 2.46. The van der Waals surface area contributed by atoms with Crippen LogP contribution in [0.2, 0.25) is 0 Å². The number of fused-ring (bicyclic) bond motifs is 1. The monoisotopic (exact) mass is 273 g/mol. The molecule has 1 aliphatic carbocycles. The fraction of sp³-hybridized carbons (Fsp3) is 0.667. The zero-order valence-electron chi connectivity index (χ0n) is 13.1. The third-order valence-corrected chi connectivity index (χ3v) is 4.93. The number of hydrogen-bond acceptors (Lipinski definition) is 2. The van der Waals surface area contributed by atoms with Crippen LogP contribution in [0.5, 0.6) is 5.75 Å². The first-order chi connectivity index (χ1) is 9.63. The van der Waals surface area contributed by atoms with Crippen LogP contribution in [0.4, 0.5) is 0 Å². The number of hydrogen-bond donors (Lipinski definition) is 1. The van der Waals surface area contributed by atoms with Crippen LogP contribution in [0.1, 0.15) is 68.2 Å². The van der Waals surface area contributed by atoms with Gasteiger partial charge in [-0.3, -0.25) is 0 Å². The van der Waals surface area contributed by atoms with Crippen LogP contribution in [-0.4, -0.2) is 12.1 Å². The van der Waals surface area contributed by atoms with Crippen LogP contribution in [0.15, 0.2) is 12.1 Å². The van der Waals surface area contributed by atoms with Crippen molar-refractivity contribution in [2.75, 3.05) is 6.54 Å². The Bertz CT molecular complexity index is 488. The maximum atomic E-state index is 6.58. The lowest BCUT2D eigenvalue weighted by Crippen LogP contribution is -2.45. The molecular weight excluding hydrogens is 246 g/mol. The smallest absolute Gasteiger partial charge is 0.127 e. The molecule has 20 heavy (non-hydrogen) atoms. The van der Waals surface area contributed by atoms with E-state index < -0.39 is 0 Å². The molecule has 2 aliphatic rings. The Morgan fingerprint density at radius 1 is 1.20 bits per heavy atom. The Balaban J connectivity index is 2.00. The van der Waals surface area contributed by atoms with E-state index >= 15 is 0 Å². The Morgan fingerprint density at radius 2 is 1.95 bits per heavy atom. The number of rotatable bonds is 2. The zero-order chi connectivity index (χ0) is 14.2. The average molecular weight is 273 g/mol. The van der Waals surface area contributed by atoms with Gasteiger partial charge in [0.1, 0.15) is 11.4 Å². The minimum Gasteiger partial charge on any atom is -0.487 e. The lowest BCUT2D eigenvalue weighted by atomic mass is 9.76. The standard InChI is InChI=1S/C18H27NO/c1-4-19-16-12-18(8-6-5-7-9-18)20-17-14(3)10-13(2)11-15(16)17/h10-11,16,19H,4-9,12H2,1-3H3. The molecule has 2 nitrogen and oxygen atoms in total. The number of aryl methyl sites for hydroxylation is 2. The van der Waals surface area contributed by atoms with Gasteiger partial charge in [-0.05, 0) is 51.6 Å². The Kier molecular flexibility index (Phi) is 3.76. The van der Waals surface area contributed by atoms with E-state index in [1.54, 1.807) is 0 Å². The summed E-state index contributed by atoms with van der Waals surface area (Å²) < 4.78 is 6.58. The zero-order valence-corrected chi connectivity index (χ0v) is 13.1. The van der Waals surface area contributed by atoms with Crippen LogP contribution in [-0.2, 0) is 0 Å². The maximum absolute atomic E-state index is 6.58. The first-order valence-electron chi connectivity index (χ1n) is 8.17. The van der Waals surface area contributed by atoms with Gasteiger partial charge in [-0.25, -0.2) is 0 Å². The summed E-state index contributed by atoms with van der Waals surface area (Å²) in [5, 5.41) is 3.69. The highest BCUT2D eigenvalue weighted by molar-refractivity contribution is 5.47. The number of nitrogens with one attached hydrogen (secondary N) is 1. The first-order valence-corrected chi connectivity index (χ1v) is 8.17. The molecule has 1 atom stereocenters. The van der Waals surface area contributed by atoms with Crippen molar-refractivity contribution in [2.45, 2.75) is 70.9 Å². The van der Waals surface area contributed by atoms with E-state index in [9.17, 15) is 0 Å². The second-order valence-corrected chi connectivity index (χ2v) is 6.66. The van der Waals surface area contributed by atoms with Gasteiger partial charge in [0.05, 0.1) is 0 Å². The van der Waals surface area contributed by atoms with Crippen molar-refractivity contribution in [2.24, 2.45) is 0 Å².